The van der Waals surface area contributed by atoms with Crippen molar-refractivity contribution >= 4 is 15.9 Å². The van der Waals surface area contributed by atoms with Gasteiger partial charge in [-0.05, 0) is 32.2 Å². The van der Waals surface area contributed by atoms with E-state index in [9.17, 15) is 0 Å². The van der Waals surface area contributed by atoms with Gasteiger partial charge in [-0.3, -0.25) is 0 Å². The molecular weight excluding hydrogens is 278 g/mol. The van der Waals surface area contributed by atoms with E-state index in [1.807, 2.05) is 32.2 Å². The Morgan fingerprint density at radius 3 is 2.76 bits per heavy atom. The Kier molecular flexibility index (Phi) is 3.86. The van der Waals surface area contributed by atoms with Crippen molar-refractivity contribution in [3.63, 3.8) is 0 Å². The average Bonchev–Trinajstić information content (AvgIpc) is 2.28. The molecule has 1 aromatic carbocycles. The number of aryl methyl sites for hydroxylation is 1. The highest BCUT2D eigenvalue weighted by Crippen LogP contribution is 2.21. The summed E-state index contributed by atoms with van der Waals surface area (Å²) in [6.45, 7) is 2.67. The molecule has 0 saturated heterocycles. The third kappa shape index (κ3) is 3.11. The second-order valence-corrected chi connectivity index (χ2v) is 4.77. The quantitative estimate of drug-likeness (QED) is 0.945. The lowest BCUT2D eigenvalue weighted by molar-refractivity contribution is 0.754. The van der Waals surface area contributed by atoms with Gasteiger partial charge in [0.25, 0.3) is 0 Å². The third-order valence-corrected chi connectivity index (χ3v) is 2.85. The minimum absolute atomic E-state index is 0.683. The third-order valence-electron chi connectivity index (χ3n) is 2.36. The lowest BCUT2D eigenvalue weighted by Gasteiger charge is -2.06. The Hall–Kier alpha value is -1.26. The van der Waals surface area contributed by atoms with Gasteiger partial charge >= 0.3 is 0 Å². The van der Waals surface area contributed by atoms with E-state index < -0.39 is 0 Å². The van der Waals surface area contributed by atoms with Gasteiger partial charge in [0.2, 0.25) is 0 Å². The van der Waals surface area contributed by atoms with Crippen LogP contribution in [0.4, 0.5) is 0 Å². The van der Waals surface area contributed by atoms with Crippen LogP contribution in [0.15, 0.2) is 34.8 Å². The average molecular weight is 292 g/mol. The summed E-state index contributed by atoms with van der Waals surface area (Å²) in [5, 5.41) is 3.07. The molecule has 1 aromatic heterocycles. The van der Waals surface area contributed by atoms with Crippen molar-refractivity contribution in [3.05, 3.63) is 46.3 Å². The van der Waals surface area contributed by atoms with Crippen LogP contribution in [0.1, 0.15) is 11.5 Å². The normalized spacial score (nSPS) is 10.5. The zero-order valence-electron chi connectivity index (χ0n) is 9.87. The summed E-state index contributed by atoms with van der Waals surface area (Å²) in [4.78, 5) is 8.93. The zero-order chi connectivity index (χ0) is 12.3. The van der Waals surface area contributed by atoms with Gasteiger partial charge in [-0.15, -0.1) is 0 Å². The summed E-state index contributed by atoms with van der Waals surface area (Å²) in [7, 11) is 1.89. The number of hydrogen-bond acceptors (Lipinski definition) is 3. The molecule has 0 atom stereocenters. The maximum Gasteiger partial charge on any atom is 0.143 e. The molecule has 2 aromatic rings. The first kappa shape index (κ1) is 12.2. The number of aromatic nitrogens is 2. The van der Waals surface area contributed by atoms with Gasteiger partial charge in [-0.25, -0.2) is 9.97 Å². The van der Waals surface area contributed by atoms with Crippen molar-refractivity contribution in [1.82, 2.24) is 15.3 Å². The fourth-order valence-electron chi connectivity index (χ4n) is 1.66. The maximum absolute atomic E-state index is 4.54. The maximum atomic E-state index is 4.54. The molecular formula is C13H14BrN3. The fourth-order valence-corrected chi connectivity index (χ4v) is 2.06. The van der Waals surface area contributed by atoms with Crippen molar-refractivity contribution in [2.24, 2.45) is 0 Å². The molecule has 17 heavy (non-hydrogen) atoms. The number of benzene rings is 1. The summed E-state index contributed by atoms with van der Waals surface area (Å²) in [6, 6.07) is 10.1. The molecule has 4 heteroatoms. The number of rotatable bonds is 3. The molecule has 0 saturated carbocycles. The molecule has 0 aliphatic carbocycles. The van der Waals surface area contributed by atoms with E-state index in [4.69, 9.17) is 0 Å². The summed E-state index contributed by atoms with van der Waals surface area (Å²) in [6.07, 6.45) is 0. The molecule has 0 spiro atoms. The molecule has 3 nitrogen and oxygen atoms in total. The smallest absolute Gasteiger partial charge is 0.143 e. The Morgan fingerprint density at radius 2 is 2.06 bits per heavy atom. The highest BCUT2D eigenvalue weighted by Gasteiger charge is 2.04. The predicted octanol–water partition coefficient (Wildman–Crippen LogP) is 2.93. The van der Waals surface area contributed by atoms with Crippen LogP contribution in [0.3, 0.4) is 0 Å². The van der Waals surface area contributed by atoms with Gasteiger partial charge < -0.3 is 5.32 Å². The van der Waals surface area contributed by atoms with Gasteiger partial charge in [0.05, 0.1) is 12.2 Å². The van der Waals surface area contributed by atoms with Crippen LogP contribution in [0.2, 0.25) is 0 Å². The monoisotopic (exact) mass is 291 g/mol. The highest BCUT2D eigenvalue weighted by atomic mass is 79.9. The van der Waals surface area contributed by atoms with E-state index in [2.05, 4.69) is 43.3 Å². The van der Waals surface area contributed by atoms with Crippen molar-refractivity contribution in [2.75, 3.05) is 7.05 Å². The molecule has 0 radical (unpaired) electrons. The van der Waals surface area contributed by atoms with Crippen LogP contribution in [0.5, 0.6) is 0 Å². The van der Waals surface area contributed by atoms with Gasteiger partial charge in [0.1, 0.15) is 5.82 Å². The van der Waals surface area contributed by atoms with Gasteiger partial charge in [-0.1, -0.05) is 28.1 Å². The number of nitrogens with zero attached hydrogens (tertiary/aromatic N) is 2. The van der Waals surface area contributed by atoms with E-state index in [0.29, 0.717) is 6.54 Å². The van der Waals surface area contributed by atoms with Gasteiger partial charge in [0.15, 0.2) is 0 Å². The van der Waals surface area contributed by atoms with Gasteiger partial charge in [0, 0.05) is 15.7 Å². The van der Waals surface area contributed by atoms with E-state index in [1.54, 1.807) is 0 Å². The van der Waals surface area contributed by atoms with Crippen molar-refractivity contribution in [3.8, 4) is 11.3 Å². The molecule has 1 N–H and O–H groups in total. The highest BCUT2D eigenvalue weighted by molar-refractivity contribution is 9.10. The second kappa shape index (κ2) is 5.38. The topological polar surface area (TPSA) is 37.8 Å². The van der Waals surface area contributed by atoms with E-state index in [0.717, 1.165) is 27.2 Å². The van der Waals surface area contributed by atoms with Crippen molar-refractivity contribution < 1.29 is 0 Å². The Morgan fingerprint density at radius 1 is 1.24 bits per heavy atom. The first-order valence-corrected chi connectivity index (χ1v) is 6.23. The molecule has 0 fully saturated rings. The zero-order valence-corrected chi connectivity index (χ0v) is 11.5. The van der Waals surface area contributed by atoms with Crippen LogP contribution >= 0.6 is 15.9 Å². The summed E-state index contributed by atoms with van der Waals surface area (Å²) in [5.74, 6) is 0.822. The summed E-state index contributed by atoms with van der Waals surface area (Å²) < 4.78 is 1.06. The molecule has 0 bridgehead atoms. The number of halogens is 1. The van der Waals surface area contributed by atoms with Crippen LogP contribution in [-0.2, 0) is 6.54 Å². The first-order valence-electron chi connectivity index (χ1n) is 5.44. The summed E-state index contributed by atoms with van der Waals surface area (Å²) in [5.41, 5.74) is 3.05. The molecule has 88 valence electrons. The second-order valence-electron chi connectivity index (χ2n) is 3.85. The SMILES string of the molecule is CNCc1nc(C)cc(-c2cccc(Br)c2)n1. The lowest BCUT2D eigenvalue weighted by atomic mass is 10.1. The number of hydrogen-bond donors (Lipinski definition) is 1. The molecule has 0 unspecified atom stereocenters. The Labute approximate surface area is 109 Å². The minimum Gasteiger partial charge on any atom is -0.313 e. The van der Waals surface area contributed by atoms with E-state index >= 15 is 0 Å². The molecule has 2 rings (SSSR count). The fraction of sp³-hybridized carbons (Fsp3) is 0.231. The standard InChI is InChI=1S/C13H14BrN3/c1-9-6-12(17-13(16-9)8-15-2)10-4-3-5-11(14)7-10/h3-7,15H,8H2,1-2H3. The van der Waals surface area contributed by atoms with E-state index in [1.165, 1.54) is 0 Å². The van der Waals surface area contributed by atoms with Crippen molar-refractivity contribution in [1.29, 1.82) is 0 Å². The molecule has 0 aliphatic rings. The minimum atomic E-state index is 0.683. The Balaban J connectivity index is 2.44. The van der Waals surface area contributed by atoms with Crippen LogP contribution in [0.25, 0.3) is 11.3 Å². The van der Waals surface area contributed by atoms with Crippen LogP contribution in [-0.4, -0.2) is 17.0 Å². The van der Waals surface area contributed by atoms with Gasteiger partial charge in [-0.2, -0.15) is 0 Å². The molecule has 0 amide bonds. The molecule has 0 aliphatic heterocycles. The van der Waals surface area contributed by atoms with E-state index in [-0.39, 0.29) is 0 Å². The van der Waals surface area contributed by atoms with Crippen LogP contribution < -0.4 is 5.32 Å². The molecule has 1 heterocycles. The predicted molar refractivity (Wildman–Crippen MR) is 72.7 cm³/mol. The van der Waals surface area contributed by atoms with Crippen molar-refractivity contribution in [2.45, 2.75) is 13.5 Å². The van der Waals surface area contributed by atoms with Crippen LogP contribution in [0, 0.1) is 6.92 Å². The lowest BCUT2D eigenvalue weighted by Crippen LogP contribution is -2.10. The first-order chi connectivity index (χ1) is 8.19. The summed E-state index contributed by atoms with van der Waals surface area (Å²) >= 11 is 3.47. The Bertz CT molecular complexity index is 526. The largest absolute Gasteiger partial charge is 0.313 e. The number of nitrogens with one attached hydrogen (secondary N) is 1.